The Labute approximate surface area is 210 Å². The third-order valence-corrected chi connectivity index (χ3v) is 6.88. The molecule has 1 fully saturated rings. The number of likely N-dealkylation sites (tertiary alicyclic amines) is 1. The summed E-state index contributed by atoms with van der Waals surface area (Å²) in [5, 5.41) is 2.86. The highest BCUT2D eigenvalue weighted by Gasteiger charge is 2.23. The first kappa shape index (κ1) is 23.9. The smallest absolute Gasteiger partial charge is 0.262 e. The second kappa shape index (κ2) is 10.8. The highest BCUT2D eigenvalue weighted by Crippen LogP contribution is 2.31. The molecule has 2 heterocycles. The molecule has 0 aromatic heterocycles. The number of amides is 2. The zero-order valence-electron chi connectivity index (χ0n) is 20.0. The zero-order chi connectivity index (χ0) is 24.9. The quantitative estimate of drug-likeness (QED) is 0.504. The average molecular weight is 489 g/mol. The number of nitrogens with zero attached hydrogens (tertiary/aromatic N) is 1. The normalized spacial score (nSPS) is 15.6. The Morgan fingerprint density at radius 1 is 1.06 bits per heavy atom. The van der Waals surface area contributed by atoms with Crippen LogP contribution in [-0.2, 0) is 16.0 Å². The predicted molar refractivity (Wildman–Crippen MR) is 136 cm³/mol. The van der Waals surface area contributed by atoms with Crippen LogP contribution in [0, 0.1) is 11.7 Å². The number of halogens is 1. The van der Waals surface area contributed by atoms with Crippen molar-refractivity contribution in [3.8, 4) is 22.6 Å². The summed E-state index contributed by atoms with van der Waals surface area (Å²) in [6.07, 6.45) is 3.88. The van der Waals surface area contributed by atoms with Crippen LogP contribution in [0.3, 0.4) is 0 Å². The molecule has 7 heteroatoms. The van der Waals surface area contributed by atoms with Crippen molar-refractivity contribution >= 4 is 17.5 Å². The van der Waals surface area contributed by atoms with E-state index in [2.05, 4.69) is 11.4 Å². The van der Waals surface area contributed by atoms with E-state index in [4.69, 9.17) is 9.47 Å². The number of carbonyl (C=O) groups is 2. The molecule has 1 N–H and O–H groups in total. The van der Waals surface area contributed by atoms with Gasteiger partial charge in [-0.3, -0.25) is 9.59 Å². The highest BCUT2D eigenvalue weighted by molar-refractivity contribution is 5.95. The fourth-order valence-corrected chi connectivity index (χ4v) is 4.82. The van der Waals surface area contributed by atoms with Crippen molar-refractivity contribution in [2.24, 2.45) is 5.92 Å². The molecule has 6 nitrogen and oxygen atoms in total. The molecule has 0 atom stereocenters. The number of rotatable bonds is 7. The Kier molecular flexibility index (Phi) is 7.16. The Morgan fingerprint density at radius 2 is 1.83 bits per heavy atom. The van der Waals surface area contributed by atoms with E-state index in [-0.39, 0.29) is 30.8 Å². The van der Waals surface area contributed by atoms with Gasteiger partial charge in [0.2, 0.25) is 0 Å². The molecule has 0 spiro atoms. The van der Waals surface area contributed by atoms with Gasteiger partial charge in [0, 0.05) is 18.7 Å². The molecule has 36 heavy (non-hydrogen) atoms. The number of aryl methyl sites for hydroxylation is 1. The summed E-state index contributed by atoms with van der Waals surface area (Å²) in [5.41, 5.74) is 3.59. The van der Waals surface area contributed by atoms with E-state index in [1.165, 1.54) is 17.7 Å². The summed E-state index contributed by atoms with van der Waals surface area (Å²) < 4.78 is 24.6. The van der Waals surface area contributed by atoms with Crippen LogP contribution in [0.2, 0.25) is 0 Å². The maximum atomic E-state index is 13.3. The van der Waals surface area contributed by atoms with E-state index in [0.29, 0.717) is 17.4 Å². The van der Waals surface area contributed by atoms with E-state index < -0.39 is 0 Å². The molecule has 0 radical (unpaired) electrons. The van der Waals surface area contributed by atoms with E-state index >= 15 is 0 Å². The van der Waals surface area contributed by atoms with Crippen LogP contribution < -0.4 is 14.8 Å². The minimum atomic E-state index is -0.290. The van der Waals surface area contributed by atoms with Crippen molar-refractivity contribution in [1.82, 2.24) is 4.90 Å². The number of fused-ring (bicyclic) bond motifs is 1. The number of anilines is 1. The molecule has 2 amide bonds. The molecule has 0 bridgehead atoms. The molecule has 3 aromatic rings. The van der Waals surface area contributed by atoms with Crippen LogP contribution in [-0.4, -0.2) is 43.0 Å². The number of benzene rings is 3. The van der Waals surface area contributed by atoms with E-state index in [1.54, 1.807) is 12.1 Å². The van der Waals surface area contributed by atoms with Gasteiger partial charge in [-0.1, -0.05) is 36.4 Å². The molecular weight excluding hydrogens is 459 g/mol. The fourth-order valence-electron chi connectivity index (χ4n) is 4.82. The molecule has 5 rings (SSSR count). The van der Waals surface area contributed by atoms with Crippen molar-refractivity contribution < 1.29 is 23.5 Å². The van der Waals surface area contributed by atoms with E-state index in [0.717, 1.165) is 55.6 Å². The topological polar surface area (TPSA) is 67.9 Å². The van der Waals surface area contributed by atoms with Crippen LogP contribution in [0.1, 0.15) is 24.8 Å². The lowest BCUT2D eigenvalue weighted by Gasteiger charge is -2.32. The summed E-state index contributed by atoms with van der Waals surface area (Å²) in [6, 6.07) is 19.7. The summed E-state index contributed by atoms with van der Waals surface area (Å²) in [5.74, 6) is 1.44. The van der Waals surface area contributed by atoms with Crippen LogP contribution >= 0.6 is 0 Å². The second-order valence-electron chi connectivity index (χ2n) is 9.32. The number of ether oxygens (including phenoxy) is 2. The van der Waals surface area contributed by atoms with Gasteiger partial charge < -0.3 is 19.7 Å². The van der Waals surface area contributed by atoms with Crippen LogP contribution in [0.5, 0.6) is 11.5 Å². The van der Waals surface area contributed by atoms with Gasteiger partial charge in [-0.05, 0) is 73.1 Å². The third-order valence-electron chi connectivity index (χ3n) is 6.88. The largest absolute Gasteiger partial charge is 0.483 e. The van der Waals surface area contributed by atoms with Gasteiger partial charge >= 0.3 is 0 Å². The third kappa shape index (κ3) is 5.67. The van der Waals surface area contributed by atoms with Crippen molar-refractivity contribution in [2.75, 3.05) is 31.6 Å². The van der Waals surface area contributed by atoms with Gasteiger partial charge in [0.05, 0.1) is 5.69 Å². The highest BCUT2D eigenvalue weighted by atomic mass is 19.1. The summed E-state index contributed by atoms with van der Waals surface area (Å²) >= 11 is 0. The predicted octanol–water partition coefficient (Wildman–Crippen LogP) is 5.07. The number of carbonyl (C=O) groups excluding carboxylic acids is 2. The van der Waals surface area contributed by atoms with Gasteiger partial charge in [0.25, 0.3) is 11.8 Å². The number of hydrogen-bond donors (Lipinski definition) is 1. The maximum Gasteiger partial charge on any atom is 0.262 e. The van der Waals surface area contributed by atoms with Crippen LogP contribution in [0.25, 0.3) is 11.1 Å². The number of piperidine rings is 1. The SMILES string of the molecule is O=C1COc2ccc(CCC3CCN(C(=O)COc4ccccc4-c4ccc(F)cc4)CC3)cc2N1. The lowest BCUT2D eigenvalue weighted by atomic mass is 9.90. The summed E-state index contributed by atoms with van der Waals surface area (Å²) in [7, 11) is 0. The molecule has 186 valence electrons. The molecule has 2 aliphatic heterocycles. The van der Waals surface area contributed by atoms with Crippen LogP contribution in [0.15, 0.2) is 66.7 Å². The van der Waals surface area contributed by atoms with Crippen molar-refractivity contribution in [3.63, 3.8) is 0 Å². The first-order valence-corrected chi connectivity index (χ1v) is 12.4. The van der Waals surface area contributed by atoms with Gasteiger partial charge in [-0.2, -0.15) is 0 Å². The molecule has 1 saturated heterocycles. The fraction of sp³-hybridized carbons (Fsp3) is 0.310. The van der Waals surface area contributed by atoms with Gasteiger partial charge in [-0.25, -0.2) is 4.39 Å². The monoisotopic (exact) mass is 488 g/mol. The maximum absolute atomic E-state index is 13.3. The van der Waals surface area contributed by atoms with Gasteiger partial charge in [-0.15, -0.1) is 0 Å². The second-order valence-corrected chi connectivity index (χ2v) is 9.32. The van der Waals surface area contributed by atoms with Gasteiger partial charge in [0.1, 0.15) is 17.3 Å². The number of hydrogen-bond acceptors (Lipinski definition) is 4. The van der Waals surface area contributed by atoms with E-state index in [1.807, 2.05) is 41.3 Å². The Hall–Kier alpha value is -3.87. The molecule has 0 unspecified atom stereocenters. The lowest BCUT2D eigenvalue weighted by Crippen LogP contribution is -2.41. The number of para-hydroxylation sites is 1. The molecule has 2 aliphatic rings. The van der Waals surface area contributed by atoms with Gasteiger partial charge in [0.15, 0.2) is 13.2 Å². The first-order valence-electron chi connectivity index (χ1n) is 12.4. The Morgan fingerprint density at radius 3 is 2.64 bits per heavy atom. The standard InChI is InChI=1S/C29H29FN2O4/c30-23-10-8-22(9-11-23)24-3-1-2-4-26(24)36-19-29(34)32-15-13-20(14-16-32)5-6-21-7-12-27-25(17-21)31-28(33)18-35-27/h1-4,7-12,17,20H,5-6,13-16,18-19H2,(H,31,33). The minimum Gasteiger partial charge on any atom is -0.483 e. The van der Waals surface area contributed by atoms with Crippen LogP contribution in [0.4, 0.5) is 10.1 Å². The van der Waals surface area contributed by atoms with Crippen molar-refractivity contribution in [1.29, 1.82) is 0 Å². The van der Waals surface area contributed by atoms with Crippen molar-refractivity contribution in [2.45, 2.75) is 25.7 Å². The van der Waals surface area contributed by atoms with E-state index in [9.17, 15) is 14.0 Å². The number of nitrogens with one attached hydrogen (secondary N) is 1. The summed E-state index contributed by atoms with van der Waals surface area (Å²) in [6.45, 7) is 1.49. The minimum absolute atomic E-state index is 0.0206. The zero-order valence-corrected chi connectivity index (χ0v) is 20.0. The molecule has 0 saturated carbocycles. The van der Waals surface area contributed by atoms with Crippen molar-refractivity contribution in [3.05, 3.63) is 78.1 Å². The summed E-state index contributed by atoms with van der Waals surface area (Å²) in [4.78, 5) is 26.3. The lowest BCUT2D eigenvalue weighted by molar-refractivity contribution is -0.134. The Balaban J connectivity index is 1.09. The molecular formula is C29H29FN2O4. The molecule has 3 aromatic carbocycles. The Bertz CT molecular complexity index is 1240. The average Bonchev–Trinajstić information content (AvgIpc) is 2.91. The first-order chi connectivity index (χ1) is 17.5. The molecule has 0 aliphatic carbocycles.